The van der Waals surface area contributed by atoms with Crippen LogP contribution in [0.5, 0.6) is 5.75 Å². The summed E-state index contributed by atoms with van der Waals surface area (Å²) in [4.78, 5) is 12.3. The lowest BCUT2D eigenvalue weighted by atomic mass is 9.87. The van der Waals surface area contributed by atoms with E-state index in [0.717, 1.165) is 0 Å². The first kappa shape index (κ1) is 13.6. The standard InChI is InChI=1S/C17H17NO3/c1-11(2)21-13-7-5-6-12(10-13)17(20)14-8-3-4-9-15(14)18-16(17)19/h3-11,20H,1-2H3,(H,18,19). The molecule has 3 rings (SSSR count). The lowest BCUT2D eigenvalue weighted by Gasteiger charge is -2.22. The van der Waals surface area contributed by atoms with Gasteiger partial charge in [0.25, 0.3) is 5.91 Å². The van der Waals surface area contributed by atoms with E-state index < -0.39 is 11.5 Å². The van der Waals surface area contributed by atoms with Gasteiger partial charge in [-0.05, 0) is 32.0 Å². The van der Waals surface area contributed by atoms with Crippen LogP contribution in [-0.4, -0.2) is 17.1 Å². The van der Waals surface area contributed by atoms with Gasteiger partial charge in [-0.1, -0.05) is 30.3 Å². The maximum atomic E-state index is 12.3. The Morgan fingerprint density at radius 1 is 1.14 bits per heavy atom. The van der Waals surface area contributed by atoms with E-state index in [4.69, 9.17) is 4.74 Å². The van der Waals surface area contributed by atoms with Gasteiger partial charge in [-0.3, -0.25) is 4.79 Å². The normalized spacial score (nSPS) is 20.3. The van der Waals surface area contributed by atoms with Crippen LogP contribution in [0.1, 0.15) is 25.0 Å². The molecule has 0 spiro atoms. The SMILES string of the molecule is CC(C)Oc1cccc(C2(O)C(=O)Nc3ccccc32)c1. The van der Waals surface area contributed by atoms with Crippen LogP contribution in [0.15, 0.2) is 48.5 Å². The molecular weight excluding hydrogens is 266 g/mol. The first-order chi connectivity index (χ1) is 10.0. The van der Waals surface area contributed by atoms with Crippen LogP contribution in [0.25, 0.3) is 0 Å². The number of ether oxygens (including phenoxy) is 1. The minimum Gasteiger partial charge on any atom is -0.491 e. The minimum absolute atomic E-state index is 0.0274. The number of hydrogen-bond donors (Lipinski definition) is 2. The van der Waals surface area contributed by atoms with Gasteiger partial charge in [-0.2, -0.15) is 0 Å². The molecule has 21 heavy (non-hydrogen) atoms. The summed E-state index contributed by atoms with van der Waals surface area (Å²) in [6.45, 7) is 3.86. The van der Waals surface area contributed by atoms with Crippen LogP contribution < -0.4 is 10.1 Å². The fourth-order valence-electron chi connectivity index (χ4n) is 2.60. The van der Waals surface area contributed by atoms with Gasteiger partial charge in [-0.25, -0.2) is 0 Å². The maximum Gasteiger partial charge on any atom is 0.265 e. The van der Waals surface area contributed by atoms with E-state index in [2.05, 4.69) is 5.32 Å². The van der Waals surface area contributed by atoms with Crippen molar-refractivity contribution in [1.29, 1.82) is 0 Å². The number of aliphatic hydroxyl groups is 1. The number of carbonyl (C=O) groups excluding carboxylic acids is 1. The predicted octanol–water partition coefficient (Wildman–Crippen LogP) is 2.66. The quantitative estimate of drug-likeness (QED) is 0.910. The molecule has 1 atom stereocenters. The van der Waals surface area contributed by atoms with Crippen molar-refractivity contribution in [3.63, 3.8) is 0 Å². The highest BCUT2D eigenvalue weighted by atomic mass is 16.5. The molecule has 108 valence electrons. The Morgan fingerprint density at radius 2 is 1.90 bits per heavy atom. The van der Waals surface area contributed by atoms with E-state index in [1.807, 2.05) is 26.0 Å². The molecule has 1 aliphatic rings. The van der Waals surface area contributed by atoms with Gasteiger partial charge < -0.3 is 15.2 Å². The molecule has 2 N–H and O–H groups in total. The number of hydrogen-bond acceptors (Lipinski definition) is 3. The van der Waals surface area contributed by atoms with E-state index in [1.54, 1.807) is 36.4 Å². The molecule has 0 bridgehead atoms. The van der Waals surface area contributed by atoms with Crippen molar-refractivity contribution in [2.75, 3.05) is 5.32 Å². The third-order valence-corrected chi connectivity index (χ3v) is 3.52. The Balaban J connectivity index is 2.09. The fourth-order valence-corrected chi connectivity index (χ4v) is 2.60. The Bertz CT molecular complexity index is 696. The van der Waals surface area contributed by atoms with Crippen molar-refractivity contribution >= 4 is 11.6 Å². The second kappa shape index (κ2) is 4.90. The zero-order valence-corrected chi connectivity index (χ0v) is 12.0. The van der Waals surface area contributed by atoms with Crippen LogP contribution in [0.4, 0.5) is 5.69 Å². The highest BCUT2D eigenvalue weighted by molar-refractivity contribution is 6.07. The molecule has 2 aromatic carbocycles. The summed E-state index contributed by atoms with van der Waals surface area (Å²) in [5, 5.41) is 13.7. The third-order valence-electron chi connectivity index (χ3n) is 3.52. The summed E-state index contributed by atoms with van der Waals surface area (Å²) in [5.41, 5.74) is 0.0346. The number of fused-ring (bicyclic) bond motifs is 1. The van der Waals surface area contributed by atoms with Gasteiger partial charge in [0.1, 0.15) is 5.75 Å². The lowest BCUT2D eigenvalue weighted by molar-refractivity contribution is -0.129. The molecule has 0 fully saturated rings. The van der Waals surface area contributed by atoms with Gasteiger partial charge in [0.15, 0.2) is 5.60 Å². The topological polar surface area (TPSA) is 58.6 Å². The molecule has 0 saturated carbocycles. The Morgan fingerprint density at radius 3 is 2.67 bits per heavy atom. The summed E-state index contributed by atoms with van der Waals surface area (Å²) in [6.07, 6.45) is 0.0274. The molecule has 1 amide bonds. The Labute approximate surface area is 123 Å². The molecule has 4 heteroatoms. The summed E-state index contributed by atoms with van der Waals surface area (Å²) in [6, 6.07) is 14.2. The number of anilines is 1. The molecule has 4 nitrogen and oxygen atoms in total. The number of amides is 1. The van der Waals surface area contributed by atoms with E-state index in [1.165, 1.54) is 0 Å². The van der Waals surface area contributed by atoms with Crippen molar-refractivity contribution in [2.45, 2.75) is 25.6 Å². The third kappa shape index (κ3) is 2.17. The smallest absolute Gasteiger partial charge is 0.265 e. The van der Waals surface area contributed by atoms with E-state index in [0.29, 0.717) is 22.6 Å². The Kier molecular flexibility index (Phi) is 3.18. The largest absolute Gasteiger partial charge is 0.491 e. The van der Waals surface area contributed by atoms with E-state index >= 15 is 0 Å². The molecule has 0 radical (unpaired) electrons. The predicted molar refractivity (Wildman–Crippen MR) is 80.3 cm³/mol. The first-order valence-corrected chi connectivity index (χ1v) is 6.92. The van der Waals surface area contributed by atoms with Gasteiger partial charge in [0.2, 0.25) is 0 Å². The van der Waals surface area contributed by atoms with E-state index in [-0.39, 0.29) is 6.10 Å². The monoisotopic (exact) mass is 283 g/mol. The zero-order chi connectivity index (χ0) is 15.0. The average molecular weight is 283 g/mol. The summed E-state index contributed by atoms with van der Waals surface area (Å²) in [7, 11) is 0. The molecule has 0 aromatic heterocycles. The van der Waals surface area contributed by atoms with Gasteiger partial charge in [0.05, 0.1) is 6.10 Å². The van der Waals surface area contributed by atoms with Crippen LogP contribution in [-0.2, 0) is 10.4 Å². The van der Waals surface area contributed by atoms with Crippen molar-refractivity contribution < 1.29 is 14.6 Å². The number of rotatable bonds is 3. The van der Waals surface area contributed by atoms with Crippen molar-refractivity contribution in [3.05, 3.63) is 59.7 Å². The second-order valence-electron chi connectivity index (χ2n) is 5.40. The number of nitrogens with one attached hydrogen (secondary N) is 1. The van der Waals surface area contributed by atoms with Crippen LogP contribution >= 0.6 is 0 Å². The Hall–Kier alpha value is -2.33. The summed E-state index contributed by atoms with van der Waals surface area (Å²) < 4.78 is 5.64. The molecule has 2 aromatic rings. The van der Waals surface area contributed by atoms with Gasteiger partial charge in [-0.15, -0.1) is 0 Å². The minimum atomic E-state index is -1.67. The molecule has 1 heterocycles. The average Bonchev–Trinajstić information content (AvgIpc) is 2.72. The van der Waals surface area contributed by atoms with Crippen molar-refractivity contribution in [2.24, 2.45) is 0 Å². The summed E-state index contributed by atoms with van der Waals surface area (Å²) in [5.74, 6) is 0.193. The number of carbonyl (C=O) groups is 1. The van der Waals surface area contributed by atoms with Gasteiger partial charge >= 0.3 is 0 Å². The molecular formula is C17H17NO3. The zero-order valence-electron chi connectivity index (χ0n) is 12.0. The molecule has 1 unspecified atom stereocenters. The van der Waals surface area contributed by atoms with Crippen molar-refractivity contribution in [3.8, 4) is 5.75 Å². The second-order valence-corrected chi connectivity index (χ2v) is 5.40. The number of para-hydroxylation sites is 1. The number of benzene rings is 2. The van der Waals surface area contributed by atoms with Crippen LogP contribution in [0.2, 0.25) is 0 Å². The first-order valence-electron chi connectivity index (χ1n) is 6.92. The molecule has 0 aliphatic carbocycles. The fraction of sp³-hybridized carbons (Fsp3) is 0.235. The van der Waals surface area contributed by atoms with Crippen LogP contribution in [0, 0.1) is 0 Å². The van der Waals surface area contributed by atoms with E-state index in [9.17, 15) is 9.90 Å². The molecule has 0 saturated heterocycles. The summed E-state index contributed by atoms with van der Waals surface area (Å²) >= 11 is 0. The molecule has 1 aliphatic heterocycles. The van der Waals surface area contributed by atoms with Crippen LogP contribution in [0.3, 0.4) is 0 Å². The lowest BCUT2D eigenvalue weighted by Crippen LogP contribution is -2.35. The van der Waals surface area contributed by atoms with Gasteiger partial charge in [0, 0.05) is 16.8 Å². The van der Waals surface area contributed by atoms with Crippen molar-refractivity contribution in [1.82, 2.24) is 0 Å². The maximum absolute atomic E-state index is 12.3. The highest BCUT2D eigenvalue weighted by Gasteiger charge is 2.46. The highest BCUT2D eigenvalue weighted by Crippen LogP contribution is 2.41.